The second-order valence-corrected chi connectivity index (χ2v) is 6.49. The predicted octanol–water partition coefficient (Wildman–Crippen LogP) is 3.78. The Morgan fingerprint density at radius 1 is 1.23 bits per heavy atom. The fourth-order valence-electron chi connectivity index (χ4n) is 1.66. The number of ether oxygens (including phenoxy) is 1. The Kier molecular flexibility index (Phi) is 7.38. The third-order valence-corrected chi connectivity index (χ3v) is 3.68. The van der Waals surface area contributed by atoms with E-state index in [1.54, 1.807) is 0 Å². The predicted molar refractivity (Wildman–Crippen MR) is 91.1 cm³/mol. The molecule has 6 heteroatoms. The second kappa shape index (κ2) is 8.78. The summed E-state index contributed by atoms with van der Waals surface area (Å²) in [6, 6.07) is 3.88. The number of halogens is 1. The highest BCUT2D eigenvalue weighted by molar-refractivity contribution is 9.10. The molecule has 2 amide bonds. The molecule has 0 heterocycles. The largest absolute Gasteiger partial charge is 0.449 e. The Labute approximate surface area is 139 Å². The van der Waals surface area contributed by atoms with Gasteiger partial charge in [-0.15, -0.1) is 0 Å². The highest BCUT2D eigenvalue weighted by atomic mass is 79.9. The van der Waals surface area contributed by atoms with Crippen LogP contribution >= 0.6 is 15.9 Å². The van der Waals surface area contributed by atoms with Crippen molar-refractivity contribution in [3.63, 3.8) is 0 Å². The number of alkyl carbamates (subject to hydrolysis) is 1. The Morgan fingerprint density at radius 3 is 2.50 bits per heavy atom. The topological polar surface area (TPSA) is 67.4 Å². The first-order chi connectivity index (χ1) is 10.3. The Hall–Kier alpha value is -1.56. The van der Waals surface area contributed by atoms with Crippen molar-refractivity contribution in [1.29, 1.82) is 0 Å². The van der Waals surface area contributed by atoms with Gasteiger partial charge in [0.1, 0.15) is 0 Å². The lowest BCUT2D eigenvalue weighted by atomic mass is 10.1. The zero-order chi connectivity index (χ0) is 16.7. The van der Waals surface area contributed by atoms with Gasteiger partial charge >= 0.3 is 6.09 Å². The van der Waals surface area contributed by atoms with Crippen molar-refractivity contribution >= 4 is 33.6 Å². The molecule has 0 saturated carbocycles. The van der Waals surface area contributed by atoms with E-state index in [4.69, 9.17) is 4.74 Å². The third-order valence-electron chi connectivity index (χ3n) is 3.03. The van der Waals surface area contributed by atoms with Gasteiger partial charge in [0.2, 0.25) is 5.91 Å². The monoisotopic (exact) mass is 370 g/mol. The molecule has 5 nitrogen and oxygen atoms in total. The molecular formula is C16H23BrN2O3. The van der Waals surface area contributed by atoms with Gasteiger partial charge in [0, 0.05) is 17.4 Å². The molecule has 1 rings (SSSR count). The van der Waals surface area contributed by atoms with Crippen molar-refractivity contribution in [2.75, 3.05) is 18.5 Å². The molecule has 0 aliphatic rings. The van der Waals surface area contributed by atoms with Gasteiger partial charge in [-0.25, -0.2) is 4.79 Å². The van der Waals surface area contributed by atoms with Gasteiger partial charge in [-0.05, 0) is 59.0 Å². The molecule has 0 unspecified atom stereocenters. The van der Waals surface area contributed by atoms with Crippen LogP contribution in [0.25, 0.3) is 0 Å². The maximum Gasteiger partial charge on any atom is 0.407 e. The number of benzene rings is 1. The van der Waals surface area contributed by atoms with E-state index in [1.807, 2.05) is 39.8 Å². The Balaban J connectivity index is 2.38. The molecule has 0 spiro atoms. The number of rotatable bonds is 6. The molecule has 0 saturated heterocycles. The lowest BCUT2D eigenvalue weighted by Crippen LogP contribution is -2.29. The molecule has 1 aromatic carbocycles. The van der Waals surface area contributed by atoms with E-state index in [2.05, 4.69) is 26.6 Å². The van der Waals surface area contributed by atoms with Crippen LogP contribution in [0.4, 0.5) is 10.5 Å². The van der Waals surface area contributed by atoms with Crippen molar-refractivity contribution in [2.45, 2.75) is 34.1 Å². The number of amides is 2. The van der Waals surface area contributed by atoms with Gasteiger partial charge in [0.05, 0.1) is 12.3 Å². The average molecular weight is 371 g/mol. The fourth-order valence-corrected chi connectivity index (χ4v) is 2.22. The van der Waals surface area contributed by atoms with Crippen LogP contribution in [-0.2, 0) is 9.53 Å². The van der Waals surface area contributed by atoms with Gasteiger partial charge in [-0.1, -0.05) is 13.8 Å². The molecule has 0 aliphatic heterocycles. The summed E-state index contributed by atoms with van der Waals surface area (Å²) in [6.07, 6.45) is -0.301. The SMILES string of the molecule is Cc1cc(Br)c(NC(=O)CCNC(=O)OCC(C)C)cc1C. The van der Waals surface area contributed by atoms with Crippen molar-refractivity contribution in [2.24, 2.45) is 5.92 Å². The highest BCUT2D eigenvalue weighted by Crippen LogP contribution is 2.26. The van der Waals surface area contributed by atoms with Crippen LogP contribution in [0.5, 0.6) is 0 Å². The minimum absolute atomic E-state index is 0.159. The number of hydrogen-bond acceptors (Lipinski definition) is 3. The van der Waals surface area contributed by atoms with E-state index in [0.717, 1.165) is 21.3 Å². The van der Waals surface area contributed by atoms with E-state index in [1.165, 1.54) is 0 Å². The molecule has 0 fully saturated rings. The normalized spacial score (nSPS) is 10.5. The van der Waals surface area contributed by atoms with Crippen molar-refractivity contribution < 1.29 is 14.3 Å². The summed E-state index contributed by atoms with van der Waals surface area (Å²) in [6.45, 7) is 8.53. The molecule has 1 aromatic rings. The molecule has 2 N–H and O–H groups in total. The van der Waals surface area contributed by atoms with Crippen LogP contribution in [0.15, 0.2) is 16.6 Å². The van der Waals surface area contributed by atoms with Gasteiger partial charge in [0.15, 0.2) is 0 Å². The molecule has 0 aromatic heterocycles. The van der Waals surface area contributed by atoms with E-state index >= 15 is 0 Å². The minimum atomic E-state index is -0.492. The van der Waals surface area contributed by atoms with Crippen LogP contribution in [0.3, 0.4) is 0 Å². The highest BCUT2D eigenvalue weighted by Gasteiger charge is 2.09. The summed E-state index contributed by atoms with van der Waals surface area (Å²) < 4.78 is 5.80. The molecule has 122 valence electrons. The molecule has 0 atom stereocenters. The Morgan fingerprint density at radius 2 is 1.86 bits per heavy atom. The zero-order valence-corrected chi connectivity index (χ0v) is 15.0. The number of aryl methyl sites for hydroxylation is 2. The van der Waals surface area contributed by atoms with Crippen molar-refractivity contribution in [3.8, 4) is 0 Å². The smallest absolute Gasteiger partial charge is 0.407 e. The summed E-state index contributed by atoms with van der Waals surface area (Å²) in [5.41, 5.74) is 2.99. The van der Waals surface area contributed by atoms with Gasteiger partial charge < -0.3 is 15.4 Å². The number of anilines is 1. The molecular weight excluding hydrogens is 348 g/mol. The average Bonchev–Trinajstić information content (AvgIpc) is 2.42. The maximum absolute atomic E-state index is 11.9. The van der Waals surface area contributed by atoms with Crippen LogP contribution in [0, 0.1) is 19.8 Å². The quantitative estimate of drug-likeness (QED) is 0.800. The van der Waals surface area contributed by atoms with Crippen LogP contribution in [0.2, 0.25) is 0 Å². The lowest BCUT2D eigenvalue weighted by molar-refractivity contribution is -0.116. The number of carbonyl (C=O) groups is 2. The van der Waals surface area contributed by atoms with Crippen LogP contribution in [0.1, 0.15) is 31.4 Å². The number of carbonyl (C=O) groups excluding carboxylic acids is 2. The summed E-state index contributed by atoms with van der Waals surface area (Å²) >= 11 is 3.43. The zero-order valence-electron chi connectivity index (χ0n) is 13.5. The van der Waals surface area contributed by atoms with Crippen LogP contribution < -0.4 is 10.6 Å². The summed E-state index contributed by atoms with van der Waals surface area (Å²) in [5, 5.41) is 5.38. The number of nitrogens with one attached hydrogen (secondary N) is 2. The summed E-state index contributed by atoms with van der Waals surface area (Å²) in [5.74, 6) is 0.129. The minimum Gasteiger partial charge on any atom is -0.449 e. The van der Waals surface area contributed by atoms with Crippen molar-refractivity contribution in [3.05, 3.63) is 27.7 Å². The van der Waals surface area contributed by atoms with Crippen molar-refractivity contribution in [1.82, 2.24) is 5.32 Å². The maximum atomic E-state index is 11.9. The molecule has 22 heavy (non-hydrogen) atoms. The fraction of sp³-hybridized carbons (Fsp3) is 0.500. The third kappa shape index (κ3) is 6.47. The molecule has 0 aliphatic carbocycles. The van der Waals surface area contributed by atoms with E-state index in [9.17, 15) is 9.59 Å². The van der Waals surface area contributed by atoms with Gasteiger partial charge in [-0.2, -0.15) is 0 Å². The first-order valence-electron chi connectivity index (χ1n) is 7.26. The second-order valence-electron chi connectivity index (χ2n) is 5.63. The van der Waals surface area contributed by atoms with Crippen LogP contribution in [-0.4, -0.2) is 25.2 Å². The van der Waals surface area contributed by atoms with Gasteiger partial charge in [-0.3, -0.25) is 4.79 Å². The Bertz CT molecular complexity index is 544. The molecule has 0 bridgehead atoms. The summed E-state index contributed by atoms with van der Waals surface area (Å²) in [7, 11) is 0. The van der Waals surface area contributed by atoms with E-state index in [-0.39, 0.29) is 24.8 Å². The van der Waals surface area contributed by atoms with E-state index in [0.29, 0.717) is 6.61 Å². The standard InChI is InChI=1S/C16H23BrN2O3/c1-10(2)9-22-16(21)18-6-5-15(20)19-14-8-12(4)11(3)7-13(14)17/h7-8,10H,5-6,9H2,1-4H3,(H,18,21)(H,19,20). The van der Waals surface area contributed by atoms with Gasteiger partial charge in [0.25, 0.3) is 0 Å². The first kappa shape index (κ1) is 18.5. The number of hydrogen-bond donors (Lipinski definition) is 2. The summed E-state index contributed by atoms with van der Waals surface area (Å²) in [4.78, 5) is 23.2. The lowest BCUT2D eigenvalue weighted by Gasteiger charge is -2.11. The first-order valence-corrected chi connectivity index (χ1v) is 8.06. The van der Waals surface area contributed by atoms with E-state index < -0.39 is 6.09 Å². The molecule has 0 radical (unpaired) electrons.